The lowest BCUT2D eigenvalue weighted by atomic mass is 10.1. The number of rotatable bonds is 0. The fraction of sp³-hybridized carbons (Fsp3) is 0.250. The molecule has 0 atom stereocenters. The summed E-state index contributed by atoms with van der Waals surface area (Å²) in [5.74, 6) is 0.725. The normalized spacial score (nSPS) is 9.62. The molecule has 0 aliphatic rings. The molecule has 2 nitrogen and oxygen atoms in total. The largest absolute Gasteiger partial charge is 0.392 e. The predicted octanol–water partition coefficient (Wildman–Crippen LogP) is -1.08. The zero-order chi connectivity index (χ0) is 6.15. The van der Waals surface area contributed by atoms with E-state index in [1.807, 2.05) is 0 Å². The lowest BCUT2D eigenvalue weighted by molar-refractivity contribution is 1.08. The summed E-state index contributed by atoms with van der Waals surface area (Å²) in [4.78, 5) is 3.83. The van der Waals surface area contributed by atoms with Crippen molar-refractivity contribution >= 4 is 21.4 Å². The molecule has 0 aliphatic heterocycles. The van der Waals surface area contributed by atoms with Crippen molar-refractivity contribution in [3.63, 3.8) is 0 Å². The van der Waals surface area contributed by atoms with E-state index in [0.717, 1.165) is 5.82 Å². The summed E-state index contributed by atoms with van der Waals surface area (Å²) < 4.78 is 1.38. The average Bonchev–Trinajstić information content (AvgIpc) is 1.85. The van der Waals surface area contributed by atoms with Crippen LogP contribution in [-0.4, -0.2) is 25.3 Å². The molecule has 0 bridgehead atoms. The molecule has 0 fully saturated rings. The van der Waals surface area contributed by atoms with Crippen LogP contribution in [0.15, 0.2) is 6.20 Å². The third-order valence-corrected chi connectivity index (χ3v) is 0.936. The standard InChI is InChI=1S/C4H4B2N2/c1-3-7-4(5)2-8(3)6/h2H,1H3. The van der Waals surface area contributed by atoms with Gasteiger partial charge in [0.15, 0.2) is 0 Å². The Kier molecular flexibility index (Phi) is 1.16. The van der Waals surface area contributed by atoms with Gasteiger partial charge in [0.1, 0.15) is 7.85 Å². The molecule has 0 aliphatic carbocycles. The minimum Gasteiger partial charge on any atom is -0.392 e. The highest BCUT2D eigenvalue weighted by Crippen LogP contribution is 1.83. The van der Waals surface area contributed by atoms with Gasteiger partial charge in [-0.25, -0.2) is 0 Å². The Hall–Kier alpha value is -0.660. The van der Waals surface area contributed by atoms with Crippen LogP contribution >= 0.6 is 0 Å². The minimum absolute atomic E-state index is 0.463. The molecule has 1 aromatic rings. The van der Waals surface area contributed by atoms with Gasteiger partial charge in [0.25, 0.3) is 0 Å². The molecule has 4 radical (unpaired) electrons. The molecule has 1 rings (SSSR count). The van der Waals surface area contributed by atoms with Crippen LogP contribution in [-0.2, 0) is 0 Å². The summed E-state index contributed by atoms with van der Waals surface area (Å²) in [7, 11) is 10.6. The summed E-state index contributed by atoms with van der Waals surface area (Å²) in [5, 5.41) is 0. The van der Waals surface area contributed by atoms with Gasteiger partial charge in [-0.2, -0.15) is 0 Å². The van der Waals surface area contributed by atoms with Crippen LogP contribution in [0.4, 0.5) is 0 Å². The third-order valence-electron chi connectivity index (χ3n) is 0.936. The lowest BCUT2D eigenvalue weighted by Gasteiger charge is -1.87. The van der Waals surface area contributed by atoms with Gasteiger partial charge in [-0.3, -0.25) is 4.98 Å². The molecule has 0 saturated heterocycles. The quantitative estimate of drug-likeness (QED) is 0.380. The smallest absolute Gasteiger partial charge is 0.235 e. The Morgan fingerprint density at radius 3 is 2.50 bits per heavy atom. The van der Waals surface area contributed by atoms with E-state index in [0.29, 0.717) is 5.59 Å². The topological polar surface area (TPSA) is 17.8 Å². The fourth-order valence-corrected chi connectivity index (χ4v) is 0.509. The van der Waals surface area contributed by atoms with Crippen LogP contribution in [0.3, 0.4) is 0 Å². The summed E-state index contributed by atoms with van der Waals surface area (Å²) in [6.07, 6.45) is 1.56. The molecule has 0 N–H and O–H groups in total. The molecule has 8 heavy (non-hydrogen) atoms. The van der Waals surface area contributed by atoms with Crippen LogP contribution in [0.2, 0.25) is 0 Å². The number of nitrogens with zero attached hydrogens (tertiary/aromatic N) is 2. The van der Waals surface area contributed by atoms with E-state index in [2.05, 4.69) is 4.98 Å². The molecular formula is C4H4B2N2. The highest BCUT2D eigenvalue weighted by atomic mass is 15.0. The third kappa shape index (κ3) is 0.782. The zero-order valence-electron chi connectivity index (χ0n) is 4.63. The highest BCUT2D eigenvalue weighted by molar-refractivity contribution is 6.31. The summed E-state index contributed by atoms with van der Waals surface area (Å²) in [6.45, 7) is 1.79. The molecule has 0 amide bonds. The minimum atomic E-state index is 0.463. The maximum absolute atomic E-state index is 5.31. The average molecular weight is 102 g/mol. The number of hydrogen-bond donors (Lipinski definition) is 0. The highest BCUT2D eigenvalue weighted by Gasteiger charge is 1.90. The van der Waals surface area contributed by atoms with Gasteiger partial charge in [-0.1, -0.05) is 0 Å². The Morgan fingerprint density at radius 2 is 2.38 bits per heavy atom. The van der Waals surface area contributed by atoms with Crippen molar-refractivity contribution in [3.8, 4) is 0 Å². The first-order valence-electron chi connectivity index (χ1n) is 2.26. The van der Waals surface area contributed by atoms with Gasteiger partial charge in [0, 0.05) is 11.8 Å². The first-order chi connectivity index (χ1) is 3.70. The van der Waals surface area contributed by atoms with Crippen LogP contribution < -0.4 is 5.59 Å². The molecule has 0 unspecified atom stereocenters. The Balaban J connectivity index is 3.14. The second-order valence-electron chi connectivity index (χ2n) is 1.62. The van der Waals surface area contributed by atoms with Crippen LogP contribution in [0.5, 0.6) is 0 Å². The van der Waals surface area contributed by atoms with Crippen molar-refractivity contribution in [1.82, 2.24) is 9.46 Å². The maximum atomic E-state index is 5.31. The van der Waals surface area contributed by atoms with Crippen molar-refractivity contribution in [3.05, 3.63) is 12.0 Å². The van der Waals surface area contributed by atoms with E-state index >= 15 is 0 Å². The predicted molar refractivity (Wildman–Crippen MR) is 33.5 cm³/mol. The Labute approximate surface area is 50.8 Å². The molecule has 1 aromatic heterocycles. The second-order valence-corrected chi connectivity index (χ2v) is 1.62. The monoisotopic (exact) mass is 102 g/mol. The molecule has 0 saturated carbocycles. The Bertz CT molecular complexity index is 174. The van der Waals surface area contributed by atoms with Crippen molar-refractivity contribution in [2.45, 2.75) is 6.92 Å². The van der Waals surface area contributed by atoms with Crippen molar-refractivity contribution < 1.29 is 0 Å². The van der Waals surface area contributed by atoms with E-state index in [1.54, 1.807) is 13.1 Å². The Morgan fingerprint density at radius 1 is 1.75 bits per heavy atom. The van der Waals surface area contributed by atoms with Gasteiger partial charge in [-0.05, 0) is 6.92 Å². The second kappa shape index (κ2) is 1.69. The van der Waals surface area contributed by atoms with Gasteiger partial charge in [0.05, 0.1) is 5.82 Å². The van der Waals surface area contributed by atoms with E-state index in [1.165, 1.54) is 4.48 Å². The molecule has 0 spiro atoms. The van der Waals surface area contributed by atoms with Crippen LogP contribution in [0.1, 0.15) is 5.82 Å². The van der Waals surface area contributed by atoms with Crippen molar-refractivity contribution in [2.24, 2.45) is 0 Å². The summed E-state index contributed by atoms with van der Waals surface area (Å²) >= 11 is 0. The van der Waals surface area contributed by atoms with Crippen LogP contribution in [0, 0.1) is 6.92 Å². The first kappa shape index (κ1) is 5.48. The van der Waals surface area contributed by atoms with E-state index in [9.17, 15) is 0 Å². The van der Waals surface area contributed by atoms with E-state index in [-0.39, 0.29) is 0 Å². The van der Waals surface area contributed by atoms with Crippen molar-refractivity contribution in [1.29, 1.82) is 0 Å². The molecule has 4 heteroatoms. The lowest BCUT2D eigenvalue weighted by Crippen LogP contribution is -2.00. The molecule has 1 heterocycles. The first-order valence-corrected chi connectivity index (χ1v) is 2.26. The maximum Gasteiger partial charge on any atom is 0.235 e. The molecular weight excluding hydrogens is 97.7 g/mol. The van der Waals surface area contributed by atoms with Gasteiger partial charge < -0.3 is 4.48 Å². The summed E-state index contributed by atoms with van der Waals surface area (Å²) in [5.41, 5.74) is 0.463. The van der Waals surface area contributed by atoms with Gasteiger partial charge in [0.2, 0.25) is 7.98 Å². The molecule has 0 aromatic carbocycles. The number of hydrogen-bond acceptors (Lipinski definition) is 1. The van der Waals surface area contributed by atoms with Gasteiger partial charge >= 0.3 is 0 Å². The zero-order valence-corrected chi connectivity index (χ0v) is 4.63. The molecule has 36 valence electrons. The summed E-state index contributed by atoms with van der Waals surface area (Å²) in [6, 6.07) is 0. The number of aryl methyl sites for hydroxylation is 1. The fourth-order valence-electron chi connectivity index (χ4n) is 0.509. The number of imidazole rings is 1. The SMILES string of the molecule is [B]c1cn([B])c(C)n1. The van der Waals surface area contributed by atoms with E-state index < -0.39 is 0 Å². The van der Waals surface area contributed by atoms with Crippen LogP contribution in [0.25, 0.3) is 0 Å². The van der Waals surface area contributed by atoms with Gasteiger partial charge in [-0.15, -0.1) is 0 Å². The number of aromatic nitrogens is 2. The van der Waals surface area contributed by atoms with E-state index in [4.69, 9.17) is 15.8 Å². The van der Waals surface area contributed by atoms with Crippen molar-refractivity contribution in [2.75, 3.05) is 0 Å².